The molecule has 0 heterocycles. The highest BCUT2D eigenvalue weighted by atomic mass is 28.2. The number of hydrogen-bond donors (Lipinski definition) is 0. The first-order chi connectivity index (χ1) is 7.64. The number of esters is 1. The molecule has 0 bridgehead atoms. The van der Waals surface area contributed by atoms with Gasteiger partial charge in [0.1, 0.15) is 10.5 Å². The second kappa shape index (κ2) is 8.53. The van der Waals surface area contributed by atoms with Crippen LogP contribution in [0.5, 0.6) is 0 Å². The molecule has 0 saturated carbocycles. The van der Waals surface area contributed by atoms with Gasteiger partial charge in [-0.1, -0.05) is 19.9 Å². The molecule has 0 spiro atoms. The van der Waals surface area contributed by atoms with Gasteiger partial charge < -0.3 is 9.16 Å². The molecule has 0 rings (SSSR count). The molecule has 0 aromatic rings. The maximum Gasteiger partial charge on any atom is 0.330 e. The maximum atomic E-state index is 11.0. The molecule has 0 saturated heterocycles. The minimum Gasteiger partial charge on any atom is -0.463 e. The van der Waals surface area contributed by atoms with E-state index in [2.05, 4.69) is 13.8 Å². The second-order valence-electron chi connectivity index (χ2n) is 3.87. The molecule has 0 radical (unpaired) electrons. The number of ether oxygens (including phenoxy) is 1. The monoisotopic (exact) mass is 244 g/mol. The van der Waals surface area contributed by atoms with Crippen LogP contribution >= 0.6 is 0 Å². The van der Waals surface area contributed by atoms with E-state index < -0.39 is 0 Å². The van der Waals surface area contributed by atoms with Gasteiger partial charge in [-0.2, -0.15) is 0 Å². The lowest BCUT2D eigenvalue weighted by Gasteiger charge is -2.30. The number of hydrogen-bond acceptors (Lipinski definition) is 3. The van der Waals surface area contributed by atoms with Gasteiger partial charge in [0.25, 0.3) is 0 Å². The van der Waals surface area contributed by atoms with E-state index in [0.717, 1.165) is 36.2 Å². The lowest BCUT2D eigenvalue weighted by Crippen LogP contribution is -2.30. The van der Waals surface area contributed by atoms with Crippen LogP contribution in [0.1, 0.15) is 46.5 Å². The van der Waals surface area contributed by atoms with Crippen LogP contribution in [0.2, 0.25) is 0 Å². The first-order valence-electron chi connectivity index (χ1n) is 5.98. The highest BCUT2D eigenvalue weighted by Crippen LogP contribution is 2.24. The number of carbonyl (C=O) groups is 1. The first kappa shape index (κ1) is 15.4. The predicted octanol–water partition coefficient (Wildman–Crippen LogP) is 1.74. The summed E-state index contributed by atoms with van der Waals surface area (Å²) in [7, 11) is 0.763. The van der Waals surface area contributed by atoms with E-state index in [1.165, 1.54) is 6.08 Å². The minimum atomic E-state index is -0.257. The molecule has 0 N–H and O–H groups in total. The zero-order valence-electron chi connectivity index (χ0n) is 10.9. The molecule has 0 atom stereocenters. The number of rotatable bonds is 8. The van der Waals surface area contributed by atoms with Gasteiger partial charge in [0.05, 0.1) is 12.2 Å². The number of allylic oxidation sites excluding steroid dienone is 1. The van der Waals surface area contributed by atoms with Crippen molar-refractivity contribution in [1.82, 2.24) is 0 Å². The zero-order valence-corrected chi connectivity index (χ0v) is 12.9. The Labute approximate surface area is 102 Å². The van der Waals surface area contributed by atoms with E-state index in [0.29, 0.717) is 6.61 Å². The Balaban J connectivity index is 3.83. The summed E-state index contributed by atoms with van der Waals surface area (Å²) in [5.74, 6) is -0.257. The molecular weight excluding hydrogens is 220 g/mol. The minimum absolute atomic E-state index is 0.0131. The molecule has 0 aliphatic carbocycles. The van der Waals surface area contributed by atoms with Crippen LogP contribution in [0.3, 0.4) is 0 Å². The van der Waals surface area contributed by atoms with Crippen molar-refractivity contribution < 1.29 is 14.0 Å². The van der Waals surface area contributed by atoms with E-state index >= 15 is 0 Å². The molecule has 0 unspecified atom stereocenters. The Morgan fingerprint density at radius 3 is 2.44 bits per heavy atom. The van der Waals surface area contributed by atoms with E-state index in [9.17, 15) is 4.79 Å². The van der Waals surface area contributed by atoms with Crippen LogP contribution < -0.4 is 0 Å². The fourth-order valence-corrected chi connectivity index (χ4v) is 2.53. The fourth-order valence-electron chi connectivity index (χ4n) is 1.75. The third-order valence-corrected chi connectivity index (χ3v) is 3.91. The van der Waals surface area contributed by atoms with Gasteiger partial charge in [-0.15, -0.1) is 0 Å². The summed E-state index contributed by atoms with van der Waals surface area (Å²) in [4.78, 5) is 11.0. The van der Waals surface area contributed by atoms with Gasteiger partial charge in [-0.3, -0.25) is 0 Å². The van der Waals surface area contributed by atoms with Crippen molar-refractivity contribution in [2.45, 2.75) is 52.1 Å². The van der Waals surface area contributed by atoms with Crippen LogP contribution in [0, 0.1) is 0 Å². The Kier molecular flexibility index (Phi) is 8.20. The van der Waals surface area contributed by atoms with E-state index in [4.69, 9.17) is 9.16 Å². The highest BCUT2D eigenvalue weighted by molar-refractivity contribution is 5.98. The summed E-state index contributed by atoms with van der Waals surface area (Å²) < 4.78 is 10.7. The summed E-state index contributed by atoms with van der Waals surface area (Å²) >= 11 is 0. The van der Waals surface area contributed by atoms with Crippen molar-refractivity contribution >= 4 is 16.5 Å². The molecule has 0 amide bonds. The van der Waals surface area contributed by atoms with Gasteiger partial charge in [0, 0.05) is 6.08 Å². The fraction of sp³-hybridized carbons (Fsp3) is 0.750. The second-order valence-corrected chi connectivity index (χ2v) is 4.27. The average Bonchev–Trinajstić information content (AvgIpc) is 2.31. The molecular formula is C12H24O3Si. The first-order valence-corrected chi connectivity index (χ1v) is 6.80. The summed E-state index contributed by atoms with van der Waals surface area (Å²) in [6, 6.07) is 0. The summed E-state index contributed by atoms with van der Waals surface area (Å²) in [5.41, 5.74) is 0.0131. The van der Waals surface area contributed by atoms with Crippen LogP contribution in [0.15, 0.2) is 12.2 Å². The molecule has 94 valence electrons. The summed E-state index contributed by atoms with van der Waals surface area (Å²) in [6.45, 7) is 6.58. The third-order valence-electron chi connectivity index (χ3n) is 3.05. The van der Waals surface area contributed by atoms with Crippen LogP contribution in [-0.4, -0.2) is 28.7 Å². The number of carbonyl (C=O) groups excluding carboxylic acids is 1. The lowest BCUT2D eigenvalue weighted by atomic mass is 9.92. The molecule has 4 heteroatoms. The van der Waals surface area contributed by atoms with Crippen LogP contribution in [0.25, 0.3) is 0 Å². The van der Waals surface area contributed by atoms with Gasteiger partial charge in [0.2, 0.25) is 0 Å². The van der Waals surface area contributed by atoms with E-state index in [1.54, 1.807) is 13.0 Å². The Bertz CT molecular complexity index is 214. The van der Waals surface area contributed by atoms with E-state index in [1.807, 2.05) is 0 Å². The molecule has 16 heavy (non-hydrogen) atoms. The quantitative estimate of drug-likeness (QED) is 0.282. The van der Waals surface area contributed by atoms with Crippen molar-refractivity contribution in [3.63, 3.8) is 0 Å². The Morgan fingerprint density at radius 2 is 2.00 bits per heavy atom. The van der Waals surface area contributed by atoms with Crippen LogP contribution in [0.4, 0.5) is 0 Å². The van der Waals surface area contributed by atoms with Gasteiger partial charge in [0.15, 0.2) is 0 Å². The topological polar surface area (TPSA) is 35.5 Å². The van der Waals surface area contributed by atoms with Crippen LogP contribution in [-0.2, 0) is 14.0 Å². The van der Waals surface area contributed by atoms with Crippen molar-refractivity contribution in [3.05, 3.63) is 12.2 Å². The highest BCUT2D eigenvalue weighted by Gasteiger charge is 2.23. The van der Waals surface area contributed by atoms with E-state index in [-0.39, 0.29) is 11.6 Å². The normalized spacial score (nSPS) is 12.2. The van der Waals surface area contributed by atoms with Crippen molar-refractivity contribution in [1.29, 1.82) is 0 Å². The van der Waals surface area contributed by atoms with Gasteiger partial charge in [-0.25, -0.2) is 4.79 Å². The zero-order chi connectivity index (χ0) is 12.4. The Morgan fingerprint density at radius 1 is 1.38 bits per heavy atom. The SMILES string of the molecule is CC=CC(=O)OCCCC(CC)(CC)O[SiH3]. The van der Waals surface area contributed by atoms with Crippen molar-refractivity contribution in [2.75, 3.05) is 6.61 Å². The standard InChI is InChI=1S/C12H24O3Si/c1-4-8-11(13)14-10-7-9-12(5-2,6-3)15-16/h4,8H,5-7,9-10H2,1-3,16H3. The predicted molar refractivity (Wildman–Crippen MR) is 69.3 cm³/mol. The van der Waals surface area contributed by atoms with Gasteiger partial charge in [-0.05, 0) is 32.6 Å². The van der Waals surface area contributed by atoms with Gasteiger partial charge >= 0.3 is 5.97 Å². The smallest absolute Gasteiger partial charge is 0.330 e. The molecule has 0 aliphatic rings. The average molecular weight is 244 g/mol. The third kappa shape index (κ3) is 5.46. The largest absolute Gasteiger partial charge is 0.463 e. The van der Waals surface area contributed by atoms with Crippen molar-refractivity contribution in [3.8, 4) is 0 Å². The molecule has 3 nitrogen and oxygen atoms in total. The summed E-state index contributed by atoms with van der Waals surface area (Å²) in [5, 5.41) is 0. The molecule has 0 fully saturated rings. The molecule has 0 aliphatic heterocycles. The maximum absolute atomic E-state index is 11.0. The van der Waals surface area contributed by atoms with Crippen molar-refractivity contribution in [2.24, 2.45) is 0 Å². The lowest BCUT2D eigenvalue weighted by molar-refractivity contribution is -0.138. The summed E-state index contributed by atoms with van der Waals surface area (Å²) in [6.07, 6.45) is 7.01. The molecule has 0 aromatic carbocycles. The molecule has 0 aromatic heterocycles. The Hall–Kier alpha value is -0.613.